The van der Waals surface area contributed by atoms with Gasteiger partial charge in [-0.25, -0.2) is 9.50 Å². The highest BCUT2D eigenvalue weighted by molar-refractivity contribution is 6.31. The summed E-state index contributed by atoms with van der Waals surface area (Å²) in [4.78, 5) is 18.1. The molecule has 142 valence electrons. The molecule has 27 heavy (non-hydrogen) atoms. The smallest absolute Gasteiger partial charge is 0.349 e. The van der Waals surface area contributed by atoms with E-state index in [9.17, 15) is 18.0 Å². The molecule has 1 aromatic carbocycles. The average molecular weight is 398 g/mol. The first-order chi connectivity index (χ1) is 12.6. The van der Waals surface area contributed by atoms with Crippen LogP contribution in [-0.2, 0) is 11.0 Å². The Kier molecular flexibility index (Phi) is 4.97. The maximum Gasteiger partial charge on any atom is 0.417 e. The van der Waals surface area contributed by atoms with E-state index in [2.05, 4.69) is 15.4 Å². The summed E-state index contributed by atoms with van der Waals surface area (Å²) < 4.78 is 40.4. The van der Waals surface area contributed by atoms with E-state index in [4.69, 9.17) is 11.6 Å². The van der Waals surface area contributed by atoms with Crippen molar-refractivity contribution in [3.05, 3.63) is 52.9 Å². The molecule has 0 bridgehead atoms. The van der Waals surface area contributed by atoms with Crippen LogP contribution >= 0.6 is 11.6 Å². The Morgan fingerprint density at radius 2 is 2.07 bits per heavy atom. The van der Waals surface area contributed by atoms with Gasteiger partial charge >= 0.3 is 6.18 Å². The zero-order valence-electron chi connectivity index (χ0n) is 14.4. The van der Waals surface area contributed by atoms with Gasteiger partial charge in [0.15, 0.2) is 5.82 Å². The van der Waals surface area contributed by atoms with Crippen molar-refractivity contribution in [1.29, 1.82) is 0 Å². The van der Waals surface area contributed by atoms with Crippen LogP contribution in [0.1, 0.15) is 11.3 Å². The third-order valence-corrected chi connectivity index (χ3v) is 4.12. The second kappa shape index (κ2) is 7.07. The van der Waals surface area contributed by atoms with Crippen molar-refractivity contribution >= 4 is 34.5 Å². The number of alkyl halides is 3. The second-order valence-corrected chi connectivity index (χ2v) is 6.37. The van der Waals surface area contributed by atoms with Crippen molar-refractivity contribution < 1.29 is 18.0 Å². The lowest BCUT2D eigenvalue weighted by Gasteiger charge is -2.18. The molecule has 0 saturated carbocycles. The largest absolute Gasteiger partial charge is 0.417 e. The molecule has 0 atom stereocenters. The predicted octanol–water partition coefficient (Wildman–Crippen LogP) is 3.78. The third-order valence-electron chi connectivity index (χ3n) is 3.79. The van der Waals surface area contributed by atoms with E-state index >= 15 is 0 Å². The summed E-state index contributed by atoms with van der Waals surface area (Å²) in [5, 5.41) is 6.29. The van der Waals surface area contributed by atoms with Gasteiger partial charge in [0.05, 0.1) is 22.8 Å². The summed E-state index contributed by atoms with van der Waals surface area (Å²) in [5.74, 6) is 0.0355. The molecule has 0 unspecified atom stereocenters. The summed E-state index contributed by atoms with van der Waals surface area (Å²) >= 11 is 5.58. The predicted molar refractivity (Wildman–Crippen MR) is 96.1 cm³/mol. The zero-order valence-corrected chi connectivity index (χ0v) is 15.1. The van der Waals surface area contributed by atoms with Gasteiger partial charge in [-0.2, -0.15) is 18.3 Å². The van der Waals surface area contributed by atoms with E-state index in [1.807, 2.05) is 13.0 Å². The minimum atomic E-state index is -4.60. The van der Waals surface area contributed by atoms with Gasteiger partial charge < -0.3 is 10.2 Å². The molecule has 0 aliphatic rings. The SMILES string of the molecule is Cc1cc2c(N(C)CC(=O)Nc3ccc(Cl)c(C(F)(F)F)c3)nccn2n1. The minimum Gasteiger partial charge on any atom is -0.349 e. The molecule has 6 nitrogen and oxygen atoms in total. The molecule has 0 fully saturated rings. The standard InChI is InChI=1S/C17H15ClF3N5O/c1-10-7-14-16(22-5-6-26(14)24-10)25(2)9-15(27)23-11-3-4-13(18)12(8-11)17(19,20)21/h3-8H,9H2,1-2H3,(H,23,27). The molecule has 0 spiro atoms. The number of nitrogens with one attached hydrogen (secondary N) is 1. The quantitative estimate of drug-likeness (QED) is 0.727. The van der Waals surface area contributed by atoms with E-state index < -0.39 is 22.7 Å². The summed E-state index contributed by atoms with van der Waals surface area (Å²) in [7, 11) is 1.66. The van der Waals surface area contributed by atoms with Crippen molar-refractivity contribution in [1.82, 2.24) is 14.6 Å². The Balaban J connectivity index is 1.76. The fourth-order valence-electron chi connectivity index (χ4n) is 2.64. The Hall–Kier alpha value is -2.81. The molecule has 2 aromatic heterocycles. The number of benzene rings is 1. The van der Waals surface area contributed by atoms with Gasteiger partial charge in [-0.1, -0.05) is 11.6 Å². The lowest BCUT2D eigenvalue weighted by Crippen LogP contribution is -2.31. The Morgan fingerprint density at radius 1 is 1.33 bits per heavy atom. The number of amides is 1. The molecule has 1 N–H and O–H groups in total. The molecular formula is C17H15ClF3N5O. The molecule has 0 aliphatic heterocycles. The van der Waals surface area contributed by atoms with E-state index in [-0.39, 0.29) is 12.2 Å². The maximum atomic E-state index is 12.9. The second-order valence-electron chi connectivity index (χ2n) is 5.96. The van der Waals surface area contributed by atoms with Gasteiger partial charge in [0.2, 0.25) is 5.91 Å². The fourth-order valence-corrected chi connectivity index (χ4v) is 2.86. The Morgan fingerprint density at radius 3 is 2.78 bits per heavy atom. The van der Waals surface area contributed by atoms with Crippen molar-refractivity contribution in [3.63, 3.8) is 0 Å². The van der Waals surface area contributed by atoms with Crippen LogP contribution in [0.2, 0.25) is 5.02 Å². The van der Waals surface area contributed by atoms with Crippen LogP contribution in [0.3, 0.4) is 0 Å². The monoisotopic (exact) mass is 397 g/mol. The molecule has 3 aromatic rings. The van der Waals surface area contributed by atoms with Gasteiger partial charge in [0.25, 0.3) is 0 Å². The summed E-state index contributed by atoms with van der Waals surface area (Å²) in [6.45, 7) is 1.73. The van der Waals surface area contributed by atoms with E-state index in [0.717, 1.165) is 23.3 Å². The first kappa shape index (κ1) is 19.0. The number of rotatable bonds is 4. The molecule has 1 amide bonds. The Labute approximate surface area is 157 Å². The number of hydrogen-bond acceptors (Lipinski definition) is 4. The summed E-state index contributed by atoms with van der Waals surface area (Å²) in [5.41, 5.74) is 0.520. The maximum absolute atomic E-state index is 12.9. The first-order valence-corrected chi connectivity index (χ1v) is 8.21. The van der Waals surface area contributed by atoms with Gasteiger partial charge in [-0.3, -0.25) is 4.79 Å². The van der Waals surface area contributed by atoms with Gasteiger partial charge in [-0.15, -0.1) is 0 Å². The number of aromatic nitrogens is 3. The number of nitrogens with zero attached hydrogens (tertiary/aromatic N) is 4. The summed E-state index contributed by atoms with van der Waals surface area (Å²) in [6.07, 6.45) is -1.36. The van der Waals surface area contributed by atoms with Crippen molar-refractivity contribution in [2.75, 3.05) is 23.8 Å². The van der Waals surface area contributed by atoms with Crippen LogP contribution < -0.4 is 10.2 Å². The third kappa shape index (κ3) is 4.13. The van der Waals surface area contributed by atoms with Crippen molar-refractivity contribution in [3.8, 4) is 0 Å². The number of hydrogen-bond donors (Lipinski definition) is 1. The van der Waals surface area contributed by atoms with Crippen molar-refractivity contribution in [2.45, 2.75) is 13.1 Å². The highest BCUT2D eigenvalue weighted by Crippen LogP contribution is 2.36. The molecule has 0 aliphatic carbocycles. The topological polar surface area (TPSA) is 62.5 Å². The zero-order chi connectivity index (χ0) is 19.8. The van der Waals surface area contributed by atoms with Crippen molar-refractivity contribution in [2.24, 2.45) is 0 Å². The van der Waals surface area contributed by atoms with Crippen LogP contribution in [0, 0.1) is 6.92 Å². The molecule has 10 heteroatoms. The first-order valence-electron chi connectivity index (χ1n) is 7.84. The number of anilines is 2. The van der Waals surface area contributed by atoms with Crippen LogP contribution in [-0.4, -0.2) is 34.1 Å². The van der Waals surface area contributed by atoms with Crippen LogP contribution in [0.25, 0.3) is 5.52 Å². The molecule has 0 saturated heterocycles. The van der Waals surface area contributed by atoms with Gasteiger partial charge in [-0.05, 0) is 31.2 Å². The molecule has 0 radical (unpaired) electrons. The number of aryl methyl sites for hydroxylation is 1. The lowest BCUT2D eigenvalue weighted by molar-refractivity contribution is -0.137. The van der Waals surface area contributed by atoms with Gasteiger partial charge in [0.1, 0.15) is 5.52 Å². The van der Waals surface area contributed by atoms with Crippen LogP contribution in [0.15, 0.2) is 36.7 Å². The number of carbonyl (C=O) groups excluding carboxylic acids is 1. The van der Waals surface area contributed by atoms with Crippen LogP contribution in [0.4, 0.5) is 24.7 Å². The van der Waals surface area contributed by atoms with Gasteiger partial charge in [0, 0.05) is 25.1 Å². The Bertz CT molecular complexity index is 1000. The molecular weight excluding hydrogens is 383 g/mol. The minimum absolute atomic E-state index is 0.0106. The van der Waals surface area contributed by atoms with E-state index in [1.54, 1.807) is 28.9 Å². The highest BCUT2D eigenvalue weighted by atomic mass is 35.5. The average Bonchev–Trinajstić information content (AvgIpc) is 2.95. The number of carbonyl (C=O) groups is 1. The number of halogens is 4. The van der Waals surface area contributed by atoms with Crippen LogP contribution in [0.5, 0.6) is 0 Å². The molecule has 2 heterocycles. The number of fused-ring (bicyclic) bond motifs is 1. The molecule has 3 rings (SSSR count). The fraction of sp³-hybridized carbons (Fsp3) is 0.235. The highest BCUT2D eigenvalue weighted by Gasteiger charge is 2.33. The normalized spacial score (nSPS) is 11.6. The lowest BCUT2D eigenvalue weighted by atomic mass is 10.2. The summed E-state index contributed by atoms with van der Waals surface area (Å²) in [6, 6.07) is 5.04. The van der Waals surface area contributed by atoms with E-state index in [0.29, 0.717) is 5.82 Å². The van der Waals surface area contributed by atoms with E-state index in [1.165, 1.54) is 6.07 Å². The number of likely N-dealkylation sites (N-methyl/N-ethyl adjacent to an activating group) is 1.